The van der Waals surface area contributed by atoms with Crippen molar-refractivity contribution in [2.75, 3.05) is 6.54 Å². The van der Waals surface area contributed by atoms with E-state index >= 15 is 0 Å². The van der Waals surface area contributed by atoms with Crippen molar-refractivity contribution in [1.29, 1.82) is 0 Å². The average Bonchev–Trinajstić information content (AvgIpc) is 3.08. The van der Waals surface area contributed by atoms with Crippen LogP contribution in [0.5, 0.6) is 0 Å². The number of nitrogens with zero attached hydrogens (tertiary/aromatic N) is 2. The molecule has 0 spiro atoms. The van der Waals surface area contributed by atoms with Crippen molar-refractivity contribution in [2.45, 2.75) is 46.2 Å². The zero-order valence-corrected chi connectivity index (χ0v) is 15.4. The molecule has 0 bridgehead atoms. The number of amides is 2. The molecule has 0 saturated carbocycles. The summed E-state index contributed by atoms with van der Waals surface area (Å²) in [6.45, 7) is 5.59. The number of rotatable bonds is 6. The number of hydrogen-bond acceptors (Lipinski definition) is 3. The van der Waals surface area contributed by atoms with Gasteiger partial charge in [0, 0.05) is 26.6 Å². The first kappa shape index (κ1) is 18.2. The van der Waals surface area contributed by atoms with E-state index in [2.05, 4.69) is 34.8 Å². The summed E-state index contributed by atoms with van der Waals surface area (Å²) in [5.41, 5.74) is 4.01. The van der Waals surface area contributed by atoms with Crippen LogP contribution in [-0.2, 0) is 30.7 Å². The van der Waals surface area contributed by atoms with E-state index in [0.717, 1.165) is 37.1 Å². The van der Waals surface area contributed by atoms with Crippen LogP contribution < -0.4 is 10.6 Å². The van der Waals surface area contributed by atoms with Crippen molar-refractivity contribution < 1.29 is 9.59 Å². The van der Waals surface area contributed by atoms with Crippen LogP contribution in [0.3, 0.4) is 0 Å². The first-order valence-corrected chi connectivity index (χ1v) is 9.22. The highest BCUT2D eigenvalue weighted by Gasteiger charge is 2.25. The summed E-state index contributed by atoms with van der Waals surface area (Å²) >= 11 is 0. The second-order valence-corrected chi connectivity index (χ2v) is 6.83. The number of hydrogen-bond donors (Lipinski definition) is 2. The summed E-state index contributed by atoms with van der Waals surface area (Å²) in [6.07, 6.45) is 4.33. The molecule has 1 atom stereocenters. The molecule has 26 heavy (non-hydrogen) atoms. The molecule has 2 N–H and O–H groups in total. The second kappa shape index (κ2) is 8.17. The normalized spacial score (nSPS) is 16.0. The van der Waals surface area contributed by atoms with Gasteiger partial charge >= 0.3 is 0 Å². The molecule has 1 aromatic heterocycles. The van der Waals surface area contributed by atoms with Crippen molar-refractivity contribution >= 4 is 11.8 Å². The van der Waals surface area contributed by atoms with Gasteiger partial charge in [0.2, 0.25) is 5.91 Å². The van der Waals surface area contributed by atoms with E-state index in [9.17, 15) is 9.59 Å². The highest BCUT2D eigenvalue weighted by atomic mass is 16.2. The van der Waals surface area contributed by atoms with Gasteiger partial charge in [0.1, 0.15) is 0 Å². The molecular formula is C20H26N4O2. The largest absolute Gasteiger partial charge is 0.356 e. The van der Waals surface area contributed by atoms with Crippen LogP contribution in [0.1, 0.15) is 47.4 Å². The van der Waals surface area contributed by atoms with Crippen LogP contribution in [-0.4, -0.2) is 28.1 Å². The van der Waals surface area contributed by atoms with E-state index in [1.165, 1.54) is 12.5 Å². The van der Waals surface area contributed by atoms with Crippen LogP contribution in [0.15, 0.2) is 30.5 Å². The molecule has 0 radical (unpaired) electrons. The number of benzene rings is 1. The summed E-state index contributed by atoms with van der Waals surface area (Å²) in [7, 11) is 0. The predicted octanol–water partition coefficient (Wildman–Crippen LogP) is 2.07. The number of fused-ring (bicyclic) bond motifs is 1. The monoisotopic (exact) mass is 354 g/mol. The Morgan fingerprint density at radius 3 is 2.73 bits per heavy atom. The van der Waals surface area contributed by atoms with Crippen LogP contribution >= 0.6 is 0 Å². The Hall–Kier alpha value is -2.63. The number of aromatic nitrogens is 2. The Labute approximate surface area is 154 Å². The van der Waals surface area contributed by atoms with E-state index < -0.39 is 0 Å². The van der Waals surface area contributed by atoms with E-state index in [-0.39, 0.29) is 11.8 Å². The highest BCUT2D eigenvalue weighted by Crippen LogP contribution is 2.22. The Morgan fingerprint density at radius 2 is 2.00 bits per heavy atom. The Bertz CT molecular complexity index is 797. The van der Waals surface area contributed by atoms with Gasteiger partial charge in [-0.15, -0.1) is 0 Å². The fourth-order valence-corrected chi connectivity index (χ4v) is 3.50. The van der Waals surface area contributed by atoms with Crippen LogP contribution in [0.25, 0.3) is 0 Å². The topological polar surface area (TPSA) is 76.0 Å². The Morgan fingerprint density at radius 1 is 1.23 bits per heavy atom. The van der Waals surface area contributed by atoms with Gasteiger partial charge in [-0.1, -0.05) is 31.2 Å². The molecule has 1 aliphatic rings. The van der Waals surface area contributed by atoms with Gasteiger partial charge in [-0.3, -0.25) is 14.3 Å². The van der Waals surface area contributed by atoms with Gasteiger partial charge in [-0.05, 0) is 36.3 Å². The first-order valence-electron chi connectivity index (χ1n) is 9.22. The standard InChI is InChI=1S/C20H26N4O2/c1-3-16-6-4-5-7-17(16)12-22-20(26)18-13-23-24-9-8-15(10-19(18)24)11-21-14(2)25/h4-7,13,15H,3,8-12H2,1-2H3,(H,21,25)(H,22,26)/t15-/m0/s1. The molecule has 6 nitrogen and oxygen atoms in total. The van der Waals surface area contributed by atoms with Crippen molar-refractivity contribution in [3.05, 3.63) is 52.8 Å². The molecule has 3 rings (SSSR count). The lowest BCUT2D eigenvalue weighted by molar-refractivity contribution is -0.119. The number of aryl methyl sites for hydroxylation is 2. The molecule has 0 saturated heterocycles. The van der Waals surface area contributed by atoms with Gasteiger partial charge in [-0.25, -0.2) is 0 Å². The average molecular weight is 354 g/mol. The molecule has 2 amide bonds. The summed E-state index contributed by atoms with van der Waals surface area (Å²) < 4.78 is 1.92. The van der Waals surface area contributed by atoms with Gasteiger partial charge in [0.05, 0.1) is 17.5 Å². The van der Waals surface area contributed by atoms with E-state index in [0.29, 0.717) is 24.6 Å². The number of nitrogens with one attached hydrogen (secondary N) is 2. The first-order chi connectivity index (χ1) is 12.6. The van der Waals surface area contributed by atoms with Gasteiger partial charge < -0.3 is 10.6 Å². The Balaban J connectivity index is 1.66. The molecule has 0 fully saturated rings. The zero-order valence-electron chi connectivity index (χ0n) is 15.4. The fourth-order valence-electron chi connectivity index (χ4n) is 3.50. The molecule has 1 aliphatic heterocycles. The maximum Gasteiger partial charge on any atom is 0.255 e. The predicted molar refractivity (Wildman–Crippen MR) is 99.7 cm³/mol. The third-order valence-corrected chi connectivity index (χ3v) is 5.00. The quantitative estimate of drug-likeness (QED) is 0.834. The molecule has 0 aliphatic carbocycles. The summed E-state index contributed by atoms with van der Waals surface area (Å²) in [5, 5.41) is 10.3. The van der Waals surface area contributed by atoms with E-state index in [1.54, 1.807) is 6.20 Å². The minimum Gasteiger partial charge on any atom is -0.356 e. The molecule has 138 valence electrons. The summed E-state index contributed by atoms with van der Waals surface area (Å²) in [5.74, 6) is 0.240. The zero-order chi connectivity index (χ0) is 18.5. The Kier molecular flexibility index (Phi) is 5.71. The van der Waals surface area contributed by atoms with Crippen molar-refractivity contribution in [3.63, 3.8) is 0 Å². The van der Waals surface area contributed by atoms with Crippen LogP contribution in [0, 0.1) is 5.92 Å². The van der Waals surface area contributed by atoms with Gasteiger partial charge in [0.15, 0.2) is 0 Å². The lowest BCUT2D eigenvalue weighted by Crippen LogP contribution is -2.33. The molecular weight excluding hydrogens is 328 g/mol. The van der Waals surface area contributed by atoms with E-state index in [1.807, 2.05) is 16.8 Å². The molecule has 0 unspecified atom stereocenters. The second-order valence-electron chi connectivity index (χ2n) is 6.83. The summed E-state index contributed by atoms with van der Waals surface area (Å²) in [4.78, 5) is 23.8. The van der Waals surface area contributed by atoms with Crippen molar-refractivity contribution in [1.82, 2.24) is 20.4 Å². The molecule has 6 heteroatoms. The summed E-state index contributed by atoms with van der Waals surface area (Å²) in [6, 6.07) is 8.16. The molecule has 2 aromatic rings. The maximum absolute atomic E-state index is 12.7. The molecule has 1 aromatic carbocycles. The maximum atomic E-state index is 12.7. The molecule has 2 heterocycles. The number of carbonyl (C=O) groups is 2. The lowest BCUT2D eigenvalue weighted by Gasteiger charge is -2.24. The third-order valence-electron chi connectivity index (χ3n) is 5.00. The van der Waals surface area contributed by atoms with Crippen molar-refractivity contribution in [2.24, 2.45) is 5.92 Å². The number of carbonyl (C=O) groups excluding carboxylic acids is 2. The van der Waals surface area contributed by atoms with Gasteiger partial charge in [-0.2, -0.15) is 5.10 Å². The van der Waals surface area contributed by atoms with Crippen LogP contribution in [0.2, 0.25) is 0 Å². The van der Waals surface area contributed by atoms with Crippen molar-refractivity contribution in [3.8, 4) is 0 Å². The van der Waals surface area contributed by atoms with Gasteiger partial charge in [0.25, 0.3) is 5.91 Å². The smallest absolute Gasteiger partial charge is 0.255 e. The minimum absolute atomic E-state index is 0.0170. The minimum atomic E-state index is -0.0858. The SMILES string of the molecule is CCc1ccccc1CNC(=O)c1cnn2c1C[C@@H](CNC(C)=O)CC2. The van der Waals surface area contributed by atoms with Crippen LogP contribution in [0.4, 0.5) is 0 Å². The van der Waals surface area contributed by atoms with E-state index in [4.69, 9.17) is 0 Å². The lowest BCUT2D eigenvalue weighted by atomic mass is 9.94. The highest BCUT2D eigenvalue weighted by molar-refractivity contribution is 5.95. The fraction of sp³-hybridized carbons (Fsp3) is 0.450. The third kappa shape index (κ3) is 4.12.